The highest BCUT2D eigenvalue weighted by molar-refractivity contribution is 5.87. The van der Waals surface area contributed by atoms with Gasteiger partial charge >= 0.3 is 6.09 Å². The fourth-order valence-electron chi connectivity index (χ4n) is 2.58. The lowest BCUT2D eigenvalue weighted by atomic mass is 10.0. The van der Waals surface area contributed by atoms with Gasteiger partial charge < -0.3 is 15.6 Å². The molecule has 0 radical (unpaired) electrons. The molecule has 5 nitrogen and oxygen atoms in total. The summed E-state index contributed by atoms with van der Waals surface area (Å²) < 4.78 is 5.19. The maximum atomic E-state index is 11.8. The minimum absolute atomic E-state index is 0.0108. The van der Waals surface area contributed by atoms with E-state index in [0.717, 1.165) is 5.56 Å². The highest BCUT2D eigenvalue weighted by Gasteiger charge is 2.56. The van der Waals surface area contributed by atoms with E-state index in [-0.39, 0.29) is 23.1 Å². The average Bonchev–Trinajstić information content (AvgIpc) is 2.79. The smallest absolute Gasteiger partial charge is 0.412 e. The third kappa shape index (κ3) is 3.29. The number of amides is 1. The number of hydrogen-bond donors (Lipinski definition) is 3. The van der Waals surface area contributed by atoms with Gasteiger partial charge in [0, 0.05) is 12.0 Å². The monoisotopic (exact) mass is 292 g/mol. The molecule has 4 N–H and O–H groups in total. The van der Waals surface area contributed by atoms with Crippen molar-refractivity contribution in [3.8, 4) is 5.75 Å². The summed E-state index contributed by atoms with van der Waals surface area (Å²) in [6.45, 7) is 9.57. The molecule has 0 bridgehead atoms. The molecule has 1 fully saturated rings. The molecular formula is C16H24N2O3. The van der Waals surface area contributed by atoms with Crippen molar-refractivity contribution in [1.29, 1.82) is 0 Å². The van der Waals surface area contributed by atoms with Gasteiger partial charge in [-0.3, -0.25) is 5.32 Å². The van der Waals surface area contributed by atoms with Crippen molar-refractivity contribution in [2.45, 2.75) is 52.2 Å². The minimum Gasteiger partial charge on any atom is -0.506 e. The van der Waals surface area contributed by atoms with Crippen LogP contribution in [0.25, 0.3) is 0 Å². The van der Waals surface area contributed by atoms with Gasteiger partial charge in [-0.1, -0.05) is 19.9 Å². The molecule has 1 aliphatic carbocycles. The fraction of sp³-hybridized carbons (Fsp3) is 0.562. The first-order valence-electron chi connectivity index (χ1n) is 7.11. The van der Waals surface area contributed by atoms with Crippen LogP contribution in [0.15, 0.2) is 18.2 Å². The predicted molar refractivity (Wildman–Crippen MR) is 82.5 cm³/mol. The Labute approximate surface area is 125 Å². The van der Waals surface area contributed by atoms with E-state index in [4.69, 9.17) is 10.5 Å². The average molecular weight is 292 g/mol. The summed E-state index contributed by atoms with van der Waals surface area (Å²) in [6.07, 6.45) is -0.589. The second-order valence-corrected chi connectivity index (χ2v) is 7.23. The normalized spacial score (nSPS) is 23.5. The molecule has 0 aromatic heterocycles. The van der Waals surface area contributed by atoms with Crippen molar-refractivity contribution < 1.29 is 14.6 Å². The molecule has 5 heteroatoms. The maximum Gasteiger partial charge on any atom is 0.412 e. The SMILES string of the molecule is CC(C)(C)OC(=O)Nc1cc([C@@H]2[C@@H](N)C2(C)C)ccc1O. The van der Waals surface area contributed by atoms with Crippen LogP contribution >= 0.6 is 0 Å². The number of anilines is 1. The van der Waals surface area contributed by atoms with Gasteiger partial charge in [0.2, 0.25) is 0 Å². The molecule has 21 heavy (non-hydrogen) atoms. The molecule has 1 amide bonds. The van der Waals surface area contributed by atoms with Gasteiger partial charge in [0.05, 0.1) is 5.69 Å². The Morgan fingerprint density at radius 3 is 2.43 bits per heavy atom. The highest BCUT2D eigenvalue weighted by atomic mass is 16.6. The van der Waals surface area contributed by atoms with Crippen molar-refractivity contribution in [2.24, 2.45) is 11.1 Å². The molecular weight excluding hydrogens is 268 g/mol. The van der Waals surface area contributed by atoms with Crippen LogP contribution in [0.2, 0.25) is 0 Å². The molecule has 0 aliphatic heterocycles. The zero-order chi connectivity index (χ0) is 16.0. The van der Waals surface area contributed by atoms with Crippen molar-refractivity contribution in [1.82, 2.24) is 0 Å². The lowest BCUT2D eigenvalue weighted by molar-refractivity contribution is 0.0635. The number of nitrogens with two attached hydrogens (primary N) is 1. The number of carbonyl (C=O) groups is 1. The summed E-state index contributed by atoms with van der Waals surface area (Å²) in [6, 6.07) is 5.27. The van der Waals surface area contributed by atoms with E-state index in [2.05, 4.69) is 19.2 Å². The van der Waals surface area contributed by atoms with Crippen molar-refractivity contribution in [2.75, 3.05) is 5.32 Å². The first-order chi connectivity index (χ1) is 9.52. The standard InChI is InChI=1S/C16H24N2O3/c1-15(2,3)21-14(20)18-10-8-9(6-7-11(10)19)12-13(17)16(12,4)5/h6-8,12-13,19H,17H2,1-5H3,(H,18,20)/t12-,13-/m1/s1. The molecule has 1 aromatic rings. The van der Waals surface area contributed by atoms with Crippen LogP contribution in [0.1, 0.15) is 46.1 Å². The minimum atomic E-state index is -0.589. The van der Waals surface area contributed by atoms with Crippen LogP contribution < -0.4 is 11.1 Å². The Bertz CT molecular complexity index is 561. The van der Waals surface area contributed by atoms with Gasteiger partial charge in [-0.2, -0.15) is 0 Å². The quantitative estimate of drug-likeness (QED) is 0.731. The van der Waals surface area contributed by atoms with E-state index in [1.165, 1.54) is 0 Å². The molecule has 2 rings (SSSR count). The summed E-state index contributed by atoms with van der Waals surface area (Å²) >= 11 is 0. The van der Waals surface area contributed by atoms with Crippen LogP contribution in [0.5, 0.6) is 5.75 Å². The second kappa shape index (κ2) is 4.91. The number of phenolic OH excluding ortho intramolecular Hbond substituents is 1. The highest BCUT2D eigenvalue weighted by Crippen LogP contribution is 2.57. The molecule has 0 saturated heterocycles. The lowest BCUT2D eigenvalue weighted by Crippen LogP contribution is -2.27. The Morgan fingerprint density at radius 1 is 1.38 bits per heavy atom. The molecule has 116 valence electrons. The summed E-state index contributed by atoms with van der Waals surface area (Å²) in [7, 11) is 0. The van der Waals surface area contributed by atoms with Crippen LogP contribution in [0.3, 0.4) is 0 Å². The molecule has 0 unspecified atom stereocenters. The number of phenols is 1. The summed E-state index contributed by atoms with van der Waals surface area (Å²) in [5.41, 5.74) is 6.89. The summed E-state index contributed by atoms with van der Waals surface area (Å²) in [4.78, 5) is 11.8. The Hall–Kier alpha value is -1.75. The van der Waals surface area contributed by atoms with Crippen molar-refractivity contribution in [3.63, 3.8) is 0 Å². The number of nitrogens with one attached hydrogen (secondary N) is 1. The number of rotatable bonds is 2. The van der Waals surface area contributed by atoms with E-state index < -0.39 is 11.7 Å². The van der Waals surface area contributed by atoms with Gasteiger partial charge in [-0.15, -0.1) is 0 Å². The number of carbonyl (C=O) groups excluding carboxylic acids is 1. The van der Waals surface area contributed by atoms with Crippen LogP contribution in [0.4, 0.5) is 10.5 Å². The number of benzene rings is 1. The third-order valence-corrected chi connectivity index (χ3v) is 3.93. The van der Waals surface area contributed by atoms with E-state index in [0.29, 0.717) is 5.69 Å². The van der Waals surface area contributed by atoms with E-state index in [1.807, 2.05) is 6.07 Å². The van der Waals surface area contributed by atoms with Crippen LogP contribution in [-0.2, 0) is 4.74 Å². The van der Waals surface area contributed by atoms with E-state index in [9.17, 15) is 9.90 Å². The van der Waals surface area contributed by atoms with Crippen LogP contribution in [0, 0.1) is 5.41 Å². The topological polar surface area (TPSA) is 84.6 Å². The summed E-state index contributed by atoms with van der Waals surface area (Å²) in [5, 5.41) is 12.5. The van der Waals surface area contributed by atoms with E-state index in [1.54, 1.807) is 32.9 Å². The molecule has 0 spiro atoms. The van der Waals surface area contributed by atoms with Crippen molar-refractivity contribution in [3.05, 3.63) is 23.8 Å². The first-order valence-corrected chi connectivity index (χ1v) is 7.11. The Morgan fingerprint density at radius 2 is 1.95 bits per heavy atom. The third-order valence-electron chi connectivity index (χ3n) is 3.93. The number of ether oxygens (including phenoxy) is 1. The number of aromatic hydroxyl groups is 1. The van der Waals surface area contributed by atoms with Crippen molar-refractivity contribution >= 4 is 11.8 Å². The zero-order valence-electron chi connectivity index (χ0n) is 13.2. The Balaban J connectivity index is 2.16. The fourth-order valence-corrected chi connectivity index (χ4v) is 2.58. The molecule has 0 heterocycles. The van der Waals surface area contributed by atoms with Gasteiger partial charge in [0.25, 0.3) is 0 Å². The van der Waals surface area contributed by atoms with E-state index >= 15 is 0 Å². The predicted octanol–water partition coefficient (Wildman–Crippen LogP) is 3.19. The largest absolute Gasteiger partial charge is 0.506 e. The lowest BCUT2D eigenvalue weighted by Gasteiger charge is -2.20. The molecule has 1 saturated carbocycles. The first kappa shape index (κ1) is 15.6. The number of hydrogen-bond acceptors (Lipinski definition) is 4. The molecule has 1 aromatic carbocycles. The molecule has 1 aliphatic rings. The maximum absolute atomic E-state index is 11.8. The van der Waals surface area contributed by atoms with Gasteiger partial charge in [0.1, 0.15) is 11.4 Å². The molecule has 2 atom stereocenters. The summed E-state index contributed by atoms with van der Waals surface area (Å²) in [5.74, 6) is 0.244. The Kier molecular flexibility index (Phi) is 3.66. The van der Waals surface area contributed by atoms with Crippen LogP contribution in [-0.4, -0.2) is 22.8 Å². The van der Waals surface area contributed by atoms with Gasteiger partial charge in [-0.25, -0.2) is 4.79 Å². The van der Waals surface area contributed by atoms with Gasteiger partial charge in [0.15, 0.2) is 0 Å². The zero-order valence-corrected chi connectivity index (χ0v) is 13.2. The van der Waals surface area contributed by atoms with Gasteiger partial charge in [-0.05, 0) is 43.9 Å². The second-order valence-electron chi connectivity index (χ2n) is 7.23.